The molecule has 2 aromatic carbocycles. The van der Waals surface area contributed by atoms with Crippen LogP contribution in [0.3, 0.4) is 0 Å². The van der Waals surface area contributed by atoms with Gasteiger partial charge in [0.25, 0.3) is 5.91 Å². The third kappa shape index (κ3) is 5.90. The van der Waals surface area contributed by atoms with E-state index in [2.05, 4.69) is 5.32 Å². The molecular formula is C20H19NO5. The maximum absolute atomic E-state index is 12.3. The minimum Gasteiger partial charge on any atom is -0.480 e. The zero-order valence-corrected chi connectivity index (χ0v) is 14.2. The molecule has 0 unspecified atom stereocenters. The van der Waals surface area contributed by atoms with Gasteiger partial charge in [-0.25, -0.2) is 4.79 Å². The van der Waals surface area contributed by atoms with Crippen molar-refractivity contribution in [1.82, 2.24) is 5.32 Å². The van der Waals surface area contributed by atoms with Crippen molar-refractivity contribution in [3.8, 4) is 5.75 Å². The number of carbonyl (C=O) groups is 3. The van der Waals surface area contributed by atoms with Gasteiger partial charge in [0, 0.05) is 12.5 Å². The number of aliphatic carboxylic acids is 1. The molecule has 0 aliphatic heterocycles. The molecule has 0 fully saturated rings. The van der Waals surface area contributed by atoms with Crippen LogP contribution in [0, 0.1) is 0 Å². The van der Waals surface area contributed by atoms with Gasteiger partial charge in [-0.3, -0.25) is 9.59 Å². The standard InChI is InChI=1S/C20H19NO5/c1-14(22)26-17-11-6-10-16(13-17)19(23)21-18(20(24)25)12-5-9-15-7-3-2-4-8-15/h2-11,13,18H,12H2,1H3,(H,21,23)(H,24,25)/b9-5+/t18-/m1/s1. The van der Waals surface area contributed by atoms with Crippen molar-refractivity contribution >= 4 is 23.9 Å². The second-order valence-electron chi connectivity index (χ2n) is 5.53. The number of carbonyl (C=O) groups excluding carboxylic acids is 2. The van der Waals surface area contributed by atoms with E-state index in [9.17, 15) is 19.5 Å². The Kier molecular flexibility index (Phi) is 6.68. The Morgan fingerprint density at radius 1 is 1.12 bits per heavy atom. The SMILES string of the molecule is CC(=O)Oc1cccc(C(=O)N[C@H](C/C=C/c2ccccc2)C(=O)O)c1. The Bertz CT molecular complexity index is 814. The monoisotopic (exact) mass is 353 g/mol. The molecule has 2 N–H and O–H groups in total. The second-order valence-corrected chi connectivity index (χ2v) is 5.53. The Labute approximate surface area is 151 Å². The van der Waals surface area contributed by atoms with Gasteiger partial charge in [-0.2, -0.15) is 0 Å². The molecule has 1 amide bonds. The Balaban J connectivity index is 2.02. The Morgan fingerprint density at radius 3 is 2.50 bits per heavy atom. The lowest BCUT2D eigenvalue weighted by molar-refractivity contribution is -0.139. The zero-order chi connectivity index (χ0) is 18.9. The molecule has 0 aliphatic rings. The number of rotatable bonds is 7. The highest BCUT2D eigenvalue weighted by Crippen LogP contribution is 2.14. The molecule has 0 spiro atoms. The van der Waals surface area contributed by atoms with E-state index in [0.717, 1.165) is 5.56 Å². The fourth-order valence-electron chi connectivity index (χ4n) is 2.23. The van der Waals surface area contributed by atoms with Crippen molar-refractivity contribution in [3.05, 3.63) is 71.8 Å². The fraction of sp³-hybridized carbons (Fsp3) is 0.150. The zero-order valence-electron chi connectivity index (χ0n) is 14.2. The van der Waals surface area contributed by atoms with Gasteiger partial charge in [-0.1, -0.05) is 48.6 Å². The molecule has 0 saturated heterocycles. The van der Waals surface area contributed by atoms with Crippen LogP contribution in [0.4, 0.5) is 0 Å². The predicted molar refractivity (Wildman–Crippen MR) is 96.7 cm³/mol. The summed E-state index contributed by atoms with van der Waals surface area (Å²) in [6, 6.07) is 14.4. The number of nitrogens with one attached hydrogen (secondary N) is 1. The van der Waals surface area contributed by atoms with Gasteiger partial charge in [0.2, 0.25) is 0 Å². The van der Waals surface area contributed by atoms with Crippen molar-refractivity contribution in [3.63, 3.8) is 0 Å². The van der Waals surface area contributed by atoms with Gasteiger partial charge in [-0.05, 0) is 30.2 Å². The van der Waals surface area contributed by atoms with Gasteiger partial charge in [0.15, 0.2) is 0 Å². The highest BCUT2D eigenvalue weighted by Gasteiger charge is 2.19. The summed E-state index contributed by atoms with van der Waals surface area (Å²) in [7, 11) is 0. The number of hydrogen-bond donors (Lipinski definition) is 2. The highest BCUT2D eigenvalue weighted by atomic mass is 16.5. The number of amides is 1. The molecule has 6 nitrogen and oxygen atoms in total. The van der Waals surface area contributed by atoms with Crippen molar-refractivity contribution in [2.75, 3.05) is 0 Å². The average molecular weight is 353 g/mol. The van der Waals surface area contributed by atoms with Crippen LogP contribution < -0.4 is 10.1 Å². The summed E-state index contributed by atoms with van der Waals surface area (Å²) < 4.78 is 4.92. The molecule has 2 rings (SSSR count). The van der Waals surface area contributed by atoms with Crippen LogP contribution in [0.2, 0.25) is 0 Å². The maximum Gasteiger partial charge on any atom is 0.326 e. The smallest absolute Gasteiger partial charge is 0.326 e. The molecule has 26 heavy (non-hydrogen) atoms. The Hall–Kier alpha value is -3.41. The minimum absolute atomic E-state index is 0.138. The van der Waals surface area contributed by atoms with Crippen molar-refractivity contribution in [2.45, 2.75) is 19.4 Å². The van der Waals surface area contributed by atoms with Crippen LogP contribution in [0.15, 0.2) is 60.7 Å². The maximum atomic E-state index is 12.3. The summed E-state index contributed by atoms with van der Waals surface area (Å²) in [6.45, 7) is 1.26. The summed E-state index contributed by atoms with van der Waals surface area (Å²) in [6.07, 6.45) is 3.63. The van der Waals surface area contributed by atoms with Crippen LogP contribution >= 0.6 is 0 Å². The molecule has 0 bridgehead atoms. The molecule has 0 aliphatic carbocycles. The molecule has 0 heterocycles. The van der Waals surface area contributed by atoms with Crippen LogP contribution in [0.25, 0.3) is 6.08 Å². The third-order valence-corrected chi connectivity index (χ3v) is 3.44. The van der Waals surface area contributed by atoms with Gasteiger partial charge in [-0.15, -0.1) is 0 Å². The molecule has 0 aromatic heterocycles. The first kappa shape index (κ1) is 18.9. The summed E-state index contributed by atoms with van der Waals surface area (Å²) in [5.41, 5.74) is 1.15. The van der Waals surface area contributed by atoms with E-state index in [4.69, 9.17) is 4.74 Å². The molecule has 0 saturated carbocycles. The number of ether oxygens (including phenoxy) is 1. The molecule has 134 valence electrons. The van der Waals surface area contributed by atoms with Crippen LogP contribution in [-0.4, -0.2) is 29.0 Å². The summed E-state index contributed by atoms with van der Waals surface area (Å²) in [5, 5.41) is 11.8. The van der Waals surface area contributed by atoms with E-state index in [1.54, 1.807) is 18.2 Å². The molecular weight excluding hydrogens is 334 g/mol. The Morgan fingerprint density at radius 2 is 1.85 bits per heavy atom. The highest BCUT2D eigenvalue weighted by molar-refractivity contribution is 5.97. The lowest BCUT2D eigenvalue weighted by Crippen LogP contribution is -2.40. The van der Waals surface area contributed by atoms with Crippen LogP contribution in [-0.2, 0) is 9.59 Å². The summed E-state index contributed by atoms with van der Waals surface area (Å²) in [5.74, 6) is -1.97. The summed E-state index contributed by atoms with van der Waals surface area (Å²) >= 11 is 0. The van der Waals surface area contributed by atoms with Gasteiger partial charge < -0.3 is 15.2 Å². The lowest BCUT2D eigenvalue weighted by atomic mass is 10.1. The normalized spacial score (nSPS) is 11.7. The average Bonchev–Trinajstić information content (AvgIpc) is 2.61. The fourth-order valence-corrected chi connectivity index (χ4v) is 2.23. The third-order valence-electron chi connectivity index (χ3n) is 3.44. The van der Waals surface area contributed by atoms with Crippen LogP contribution in [0.5, 0.6) is 5.75 Å². The minimum atomic E-state index is -1.13. The van der Waals surface area contributed by atoms with Gasteiger partial charge in [0.1, 0.15) is 11.8 Å². The van der Waals surface area contributed by atoms with Gasteiger partial charge >= 0.3 is 11.9 Å². The van der Waals surface area contributed by atoms with E-state index >= 15 is 0 Å². The van der Waals surface area contributed by atoms with E-state index in [1.165, 1.54) is 25.1 Å². The van der Waals surface area contributed by atoms with E-state index in [-0.39, 0.29) is 17.7 Å². The second kappa shape index (κ2) is 9.17. The molecule has 2 aromatic rings. The van der Waals surface area contributed by atoms with E-state index in [1.807, 2.05) is 30.3 Å². The van der Waals surface area contributed by atoms with Crippen molar-refractivity contribution in [1.29, 1.82) is 0 Å². The molecule has 0 radical (unpaired) electrons. The number of esters is 1. The number of carboxylic acids is 1. The largest absolute Gasteiger partial charge is 0.480 e. The molecule has 6 heteroatoms. The van der Waals surface area contributed by atoms with Crippen molar-refractivity contribution in [2.24, 2.45) is 0 Å². The number of carboxylic acid groups (broad SMARTS) is 1. The number of benzene rings is 2. The first-order valence-electron chi connectivity index (χ1n) is 7.99. The number of hydrogen-bond acceptors (Lipinski definition) is 4. The van der Waals surface area contributed by atoms with Crippen molar-refractivity contribution < 1.29 is 24.2 Å². The molecule has 1 atom stereocenters. The summed E-state index contributed by atoms with van der Waals surface area (Å²) in [4.78, 5) is 34.7. The lowest BCUT2D eigenvalue weighted by Gasteiger charge is -2.13. The predicted octanol–water partition coefficient (Wildman–Crippen LogP) is 2.90. The first-order chi connectivity index (χ1) is 12.5. The van der Waals surface area contributed by atoms with Crippen LogP contribution in [0.1, 0.15) is 29.3 Å². The first-order valence-corrected chi connectivity index (χ1v) is 7.99. The van der Waals surface area contributed by atoms with E-state index < -0.39 is 23.9 Å². The quantitative estimate of drug-likeness (QED) is 0.590. The van der Waals surface area contributed by atoms with Gasteiger partial charge in [0.05, 0.1) is 0 Å². The van der Waals surface area contributed by atoms with E-state index in [0.29, 0.717) is 0 Å². The topological polar surface area (TPSA) is 92.7 Å².